The molecule has 0 saturated carbocycles. The summed E-state index contributed by atoms with van der Waals surface area (Å²) in [4.78, 5) is 29.2. The van der Waals surface area contributed by atoms with Crippen molar-refractivity contribution < 1.29 is 98.5 Å². The summed E-state index contributed by atoms with van der Waals surface area (Å²) >= 11 is 0. The van der Waals surface area contributed by atoms with Gasteiger partial charge in [0.05, 0.1) is 24.5 Å². The lowest BCUT2D eigenvalue weighted by molar-refractivity contribution is -0.461. The quantitative estimate of drug-likeness (QED) is 0.0824. The Morgan fingerprint density at radius 1 is 0.646 bits per heavy atom. The number of anilines is 1. The van der Waals surface area contributed by atoms with Crippen molar-refractivity contribution in [2.75, 3.05) is 18.3 Å². The summed E-state index contributed by atoms with van der Waals surface area (Å²) < 4.78 is 238. The van der Waals surface area contributed by atoms with E-state index in [0.717, 1.165) is 24.3 Å². The number of halogens is 17. The Morgan fingerprint density at radius 3 is 1.46 bits per heavy atom. The zero-order valence-electron chi connectivity index (χ0n) is 24.6. The van der Waals surface area contributed by atoms with Crippen LogP contribution in [-0.2, 0) is 14.3 Å². The summed E-state index contributed by atoms with van der Waals surface area (Å²) in [5, 5.41) is 0.155. The van der Waals surface area contributed by atoms with Gasteiger partial charge < -0.3 is 9.47 Å². The smallest absolute Gasteiger partial charge is 0.460 e. The lowest BCUT2D eigenvalue weighted by Gasteiger charge is -2.42. The molecule has 1 aromatic carbocycles. The molecule has 23 heteroatoms. The number of nitrogens with zero attached hydrogens (tertiary/aromatic N) is 1. The summed E-state index contributed by atoms with van der Waals surface area (Å²) in [6, 6.07) is 4.02. The minimum Gasteiger partial charge on any atom is -0.462 e. The molecule has 0 unspecified atom stereocenters. The fourth-order valence-electron chi connectivity index (χ4n) is 3.29. The molecule has 0 aromatic heterocycles. The van der Waals surface area contributed by atoms with E-state index in [1.54, 1.807) is 0 Å². The predicted molar refractivity (Wildman–Crippen MR) is 127 cm³/mol. The van der Waals surface area contributed by atoms with E-state index in [2.05, 4.69) is 0 Å². The summed E-state index contributed by atoms with van der Waals surface area (Å²) in [6.45, 7) is 3.95. The number of carbonyl (C=O) groups excluding carboxylic acids is 2. The Balaban J connectivity index is 3.31. The van der Waals surface area contributed by atoms with Crippen molar-refractivity contribution in [2.45, 2.75) is 93.8 Å². The lowest BCUT2D eigenvalue weighted by Crippen LogP contribution is -2.74. The maximum absolute atomic E-state index is 14.2. The average molecular weight is 741 g/mol. The Hall–Kier alpha value is -3.27. The second kappa shape index (κ2) is 13.6. The standard InChI is InChI=1S/C25H24F17NO5/c1-5-46-15(44)13-7-9-14(10-8-13)43(16(45)48-17(2,3)4)47-12-6-11-18(26,27)19(28,29)20(30,31)21(32,33)22(34,35)23(36,37)24(38,39)25(40,41)42/h7-10H,5-6,11-12H2,1-4H3. The van der Waals surface area contributed by atoms with Crippen molar-refractivity contribution in [2.24, 2.45) is 0 Å². The molecule has 278 valence electrons. The van der Waals surface area contributed by atoms with Gasteiger partial charge in [0.2, 0.25) is 0 Å². The number of alkyl halides is 17. The number of carbonyl (C=O) groups is 2. The number of rotatable bonds is 14. The number of amides is 1. The first-order valence-electron chi connectivity index (χ1n) is 12.8. The van der Waals surface area contributed by atoms with Crippen LogP contribution in [0.5, 0.6) is 0 Å². The maximum Gasteiger partial charge on any atom is 0.460 e. The summed E-state index contributed by atoms with van der Waals surface area (Å²) in [5.74, 6) is -57.9. The molecule has 0 N–H and O–H groups in total. The van der Waals surface area contributed by atoms with Gasteiger partial charge in [0, 0.05) is 6.42 Å². The molecule has 1 amide bonds. The molecule has 0 radical (unpaired) electrons. The zero-order chi connectivity index (χ0) is 38.2. The molecule has 0 bridgehead atoms. The minimum atomic E-state index is -8.72. The van der Waals surface area contributed by atoms with Gasteiger partial charge in [0.1, 0.15) is 5.60 Å². The average Bonchev–Trinajstić information content (AvgIpc) is 2.91. The first-order valence-corrected chi connectivity index (χ1v) is 12.8. The Morgan fingerprint density at radius 2 is 1.06 bits per heavy atom. The van der Waals surface area contributed by atoms with Crippen molar-refractivity contribution in [3.8, 4) is 0 Å². The van der Waals surface area contributed by atoms with Crippen LogP contribution in [0.25, 0.3) is 0 Å². The summed E-state index contributed by atoms with van der Waals surface area (Å²) in [5.41, 5.74) is -1.76. The molecule has 0 aliphatic carbocycles. The zero-order valence-corrected chi connectivity index (χ0v) is 24.6. The summed E-state index contributed by atoms with van der Waals surface area (Å²) in [7, 11) is 0. The Kier molecular flexibility index (Phi) is 12.1. The van der Waals surface area contributed by atoms with Gasteiger partial charge in [0.25, 0.3) is 0 Å². The summed E-state index contributed by atoms with van der Waals surface area (Å²) in [6.07, 6.45) is -13.7. The molecule has 0 aliphatic heterocycles. The third-order valence-corrected chi connectivity index (χ3v) is 5.81. The molecule has 1 aromatic rings. The van der Waals surface area contributed by atoms with Gasteiger partial charge >= 0.3 is 59.7 Å². The van der Waals surface area contributed by atoms with E-state index >= 15 is 0 Å². The van der Waals surface area contributed by atoms with Gasteiger partial charge in [-0.25, -0.2) is 9.59 Å². The molecule has 0 fully saturated rings. The van der Waals surface area contributed by atoms with Gasteiger partial charge in [-0.05, 0) is 58.4 Å². The highest BCUT2D eigenvalue weighted by Crippen LogP contribution is 2.64. The lowest BCUT2D eigenvalue weighted by atomic mass is 9.88. The molecule has 0 saturated heterocycles. The number of hydrogen-bond acceptors (Lipinski definition) is 5. The van der Waals surface area contributed by atoms with E-state index in [0.29, 0.717) is 0 Å². The van der Waals surface area contributed by atoms with Gasteiger partial charge in [0.15, 0.2) is 0 Å². The predicted octanol–water partition coefficient (Wildman–Crippen LogP) is 9.33. The van der Waals surface area contributed by atoms with Crippen molar-refractivity contribution in [3.63, 3.8) is 0 Å². The van der Waals surface area contributed by atoms with E-state index in [-0.39, 0.29) is 22.9 Å². The van der Waals surface area contributed by atoms with Crippen molar-refractivity contribution in [1.82, 2.24) is 0 Å². The van der Waals surface area contributed by atoms with Crippen LogP contribution in [0.15, 0.2) is 24.3 Å². The Labute approximate surface area is 259 Å². The van der Waals surface area contributed by atoms with E-state index in [9.17, 15) is 84.2 Å². The molecule has 48 heavy (non-hydrogen) atoms. The van der Waals surface area contributed by atoms with Crippen molar-refractivity contribution >= 4 is 17.7 Å². The monoisotopic (exact) mass is 741 g/mol. The fourth-order valence-corrected chi connectivity index (χ4v) is 3.29. The number of ether oxygens (including phenoxy) is 2. The van der Waals surface area contributed by atoms with E-state index in [1.807, 2.05) is 0 Å². The highest BCUT2D eigenvalue weighted by molar-refractivity contribution is 5.91. The van der Waals surface area contributed by atoms with Crippen LogP contribution in [0, 0.1) is 0 Å². The third kappa shape index (κ3) is 7.79. The van der Waals surface area contributed by atoms with Crippen molar-refractivity contribution in [3.05, 3.63) is 29.8 Å². The SMILES string of the molecule is CCOC(=O)c1ccc(N(OCCCC(F)(F)C(F)(F)C(F)(F)C(F)(F)C(F)(F)C(F)(F)C(F)(F)C(F)(F)F)C(=O)OC(C)(C)C)cc1. The van der Waals surface area contributed by atoms with Crippen LogP contribution in [0.4, 0.5) is 85.1 Å². The van der Waals surface area contributed by atoms with Gasteiger partial charge in [-0.3, -0.25) is 4.84 Å². The van der Waals surface area contributed by atoms with Crippen LogP contribution in [0.3, 0.4) is 0 Å². The largest absolute Gasteiger partial charge is 0.462 e. The van der Waals surface area contributed by atoms with E-state index in [1.165, 1.54) is 27.7 Å². The number of hydrogen-bond donors (Lipinski definition) is 0. The molecular formula is C25H24F17NO5. The molecule has 0 atom stereocenters. The first-order chi connectivity index (χ1) is 21.2. The van der Waals surface area contributed by atoms with Gasteiger partial charge in [-0.15, -0.1) is 0 Å². The van der Waals surface area contributed by atoms with Gasteiger partial charge in [-0.2, -0.15) is 79.7 Å². The molecule has 0 heterocycles. The minimum absolute atomic E-state index is 0.0517. The molecule has 6 nitrogen and oxygen atoms in total. The van der Waals surface area contributed by atoms with Gasteiger partial charge in [-0.1, -0.05) is 0 Å². The number of hydroxylamine groups is 1. The number of benzene rings is 1. The number of esters is 1. The highest BCUT2D eigenvalue weighted by atomic mass is 19.4. The van der Waals surface area contributed by atoms with Crippen LogP contribution < -0.4 is 5.06 Å². The van der Waals surface area contributed by atoms with Crippen LogP contribution in [-0.4, -0.2) is 78.5 Å². The second-order valence-electron chi connectivity index (χ2n) is 10.6. The van der Waals surface area contributed by atoms with E-state index in [4.69, 9.17) is 14.3 Å². The fraction of sp³-hybridized carbons (Fsp3) is 0.680. The van der Waals surface area contributed by atoms with Crippen LogP contribution in [0.1, 0.15) is 50.9 Å². The highest BCUT2D eigenvalue weighted by Gasteiger charge is 2.95. The maximum atomic E-state index is 14.2. The normalized spacial score (nSPS) is 14.5. The molecular weight excluding hydrogens is 717 g/mol. The van der Waals surface area contributed by atoms with Crippen LogP contribution >= 0.6 is 0 Å². The molecule has 1 rings (SSSR count). The molecule has 0 spiro atoms. The third-order valence-electron chi connectivity index (χ3n) is 5.81. The van der Waals surface area contributed by atoms with E-state index < -0.39 is 84.7 Å². The first kappa shape index (κ1) is 42.8. The van der Waals surface area contributed by atoms with Crippen molar-refractivity contribution in [1.29, 1.82) is 0 Å². The van der Waals surface area contributed by atoms with Crippen LogP contribution in [0.2, 0.25) is 0 Å². The second-order valence-corrected chi connectivity index (χ2v) is 10.6. The topological polar surface area (TPSA) is 65.1 Å². The molecule has 0 aliphatic rings. The Bertz CT molecular complexity index is 1270.